The molecule has 1 spiro atoms. The Hall–Kier alpha value is -3.92. The van der Waals surface area contributed by atoms with Crippen molar-refractivity contribution in [3.05, 3.63) is 101 Å². The highest BCUT2D eigenvalue weighted by Crippen LogP contribution is 2.49. The first-order valence-corrected chi connectivity index (χ1v) is 27.6. The van der Waals surface area contributed by atoms with Crippen molar-refractivity contribution in [2.45, 2.75) is 86.0 Å². The molecule has 2 bridgehead atoms. The van der Waals surface area contributed by atoms with Crippen LogP contribution in [0.4, 0.5) is 5.69 Å². The number of nitrogens with one attached hydrogen (secondary N) is 1. The lowest BCUT2D eigenvalue weighted by molar-refractivity contribution is -0.136. The Morgan fingerprint density at radius 1 is 1.02 bits per heavy atom. The second-order valence-corrected chi connectivity index (χ2v) is 25.0. The molecule has 1 saturated carbocycles. The molecule has 8 atom stereocenters. The average Bonchev–Trinajstić information content (AvgIpc) is 3.45. The van der Waals surface area contributed by atoms with Crippen molar-refractivity contribution in [1.29, 1.82) is 0 Å². The van der Waals surface area contributed by atoms with Gasteiger partial charge in [-0.1, -0.05) is 54.9 Å². The molecule has 0 radical (unpaired) electrons. The van der Waals surface area contributed by atoms with Crippen LogP contribution in [0.25, 0.3) is 0 Å². The molecule has 2 unspecified atom stereocenters. The molecule has 12 nitrogen and oxygen atoms in total. The van der Waals surface area contributed by atoms with Crippen LogP contribution in [-0.2, 0) is 40.9 Å². The first kappa shape index (κ1) is 47.2. The Kier molecular flexibility index (Phi) is 13.5. The van der Waals surface area contributed by atoms with Gasteiger partial charge in [-0.05, 0) is 123 Å². The third-order valence-corrected chi connectivity index (χ3v) is 20.2. The van der Waals surface area contributed by atoms with Crippen LogP contribution in [0.5, 0.6) is 5.75 Å². The van der Waals surface area contributed by atoms with Gasteiger partial charge in [-0.2, -0.15) is 0 Å². The van der Waals surface area contributed by atoms with Crippen LogP contribution < -0.4 is 14.4 Å². The number of hydrogen-bond acceptors (Lipinski definition) is 10. The highest BCUT2D eigenvalue weighted by atomic mass is 35.5. The molecule has 15 heteroatoms. The minimum Gasteiger partial charge on any atom is -0.490 e. The van der Waals surface area contributed by atoms with Gasteiger partial charge >= 0.3 is 0 Å². The number of benzene rings is 3. The molecule has 0 aromatic heterocycles. The highest BCUT2D eigenvalue weighted by molar-refractivity contribution is 7.99. The summed E-state index contributed by atoms with van der Waals surface area (Å²) in [5.74, 6) is 4.47. The summed E-state index contributed by atoms with van der Waals surface area (Å²) in [5.41, 5.74) is 2.89. The standard InChI is InChI=1S/C51H66ClN5O7S2/c1-36-10-8-22-51(63-3,34-54-23-24-55-25-26-56(32-42(55)31-54)48(58)20-27-66(61,62)43-12-6-5-7-13-43)45-17-14-40(45)30-57-33-50(21-9-11-38-28-41(52)16-18-44(38)50)35-64-47-19-15-39(29-46(47)57)49(59)53-65(4,60)37(36)2/h5-8,12-13,15-16,18-19,22,28-29,36-37,40,42,45H,4,9-11,14,17,20-21,23-27,30-35H2,1-3H3,(H,53,59,60)/b22-8+/t36-,37+,40-,42?,45+,50-,51+,65?/m0/s1. The molecule has 4 heterocycles. The van der Waals surface area contributed by atoms with E-state index in [0.717, 1.165) is 81.3 Å². The van der Waals surface area contributed by atoms with E-state index in [4.69, 9.17) is 21.1 Å². The summed E-state index contributed by atoms with van der Waals surface area (Å²) >= 11 is 6.56. The number of carbonyl (C=O) groups is 2. The van der Waals surface area contributed by atoms with Crippen molar-refractivity contribution in [3.8, 4) is 5.75 Å². The van der Waals surface area contributed by atoms with E-state index in [1.54, 1.807) is 36.4 Å². The summed E-state index contributed by atoms with van der Waals surface area (Å²) < 4.78 is 56.8. The molecule has 3 fully saturated rings. The zero-order valence-corrected chi connectivity index (χ0v) is 41.1. The molecule has 4 aliphatic heterocycles. The number of anilines is 1. The fourth-order valence-corrected chi connectivity index (χ4v) is 14.7. The van der Waals surface area contributed by atoms with Crippen LogP contribution in [0.3, 0.4) is 0 Å². The van der Waals surface area contributed by atoms with Crippen molar-refractivity contribution >= 4 is 54.5 Å². The predicted molar refractivity (Wildman–Crippen MR) is 263 cm³/mol. The van der Waals surface area contributed by atoms with E-state index in [2.05, 4.69) is 56.5 Å². The monoisotopic (exact) mass is 959 g/mol. The van der Waals surface area contributed by atoms with Crippen LogP contribution in [0.2, 0.25) is 5.02 Å². The number of halogens is 1. The molecule has 2 saturated heterocycles. The Morgan fingerprint density at radius 2 is 1.82 bits per heavy atom. The molecule has 2 amide bonds. The topological polar surface area (TPSA) is 129 Å². The number of sulfone groups is 1. The first-order chi connectivity index (χ1) is 31.6. The van der Waals surface area contributed by atoms with Gasteiger partial charge in [-0.3, -0.25) is 24.1 Å². The fourth-order valence-electron chi connectivity index (χ4n) is 11.8. The van der Waals surface area contributed by atoms with Gasteiger partial charge in [0.2, 0.25) is 5.91 Å². The Labute approximate surface area is 397 Å². The molecular formula is C51H66ClN5O7S2. The van der Waals surface area contributed by atoms with Gasteiger partial charge < -0.3 is 19.3 Å². The van der Waals surface area contributed by atoms with Crippen LogP contribution >= 0.6 is 11.6 Å². The van der Waals surface area contributed by atoms with E-state index in [1.807, 2.05) is 37.1 Å². The maximum Gasteiger partial charge on any atom is 0.262 e. The number of allylic oxidation sites excluding steroid dienone is 1. The Bertz CT molecular complexity index is 2560. The van der Waals surface area contributed by atoms with Crippen LogP contribution in [0, 0.1) is 17.8 Å². The second-order valence-electron chi connectivity index (χ2n) is 20.0. The molecular weight excluding hydrogens is 894 g/mol. The zero-order valence-electron chi connectivity index (χ0n) is 38.7. The number of amides is 2. The lowest BCUT2D eigenvalue weighted by Crippen LogP contribution is -2.65. The molecule has 1 N–H and O–H groups in total. The van der Waals surface area contributed by atoms with Crippen molar-refractivity contribution in [1.82, 2.24) is 19.4 Å². The maximum atomic E-state index is 14.2. The van der Waals surface area contributed by atoms with Crippen LogP contribution in [0.15, 0.2) is 83.8 Å². The smallest absolute Gasteiger partial charge is 0.262 e. The molecule has 2 aliphatic carbocycles. The van der Waals surface area contributed by atoms with Gasteiger partial charge in [-0.25, -0.2) is 12.6 Å². The third kappa shape index (κ3) is 9.44. The van der Waals surface area contributed by atoms with Crippen molar-refractivity contribution in [2.24, 2.45) is 17.8 Å². The predicted octanol–water partition coefficient (Wildman–Crippen LogP) is 6.26. The van der Waals surface area contributed by atoms with E-state index in [9.17, 15) is 22.2 Å². The molecule has 66 heavy (non-hydrogen) atoms. The number of piperazine rings is 2. The number of aryl methyl sites for hydroxylation is 1. The van der Waals surface area contributed by atoms with Gasteiger partial charge in [-0.15, -0.1) is 0 Å². The summed E-state index contributed by atoms with van der Waals surface area (Å²) in [6.45, 7) is 11.0. The summed E-state index contributed by atoms with van der Waals surface area (Å²) in [6.07, 6.45) is 10.0. The molecule has 6 aliphatic rings. The summed E-state index contributed by atoms with van der Waals surface area (Å²) in [4.78, 5) is 37.1. The quantitative estimate of drug-likeness (QED) is 0.214. The van der Waals surface area contributed by atoms with Gasteiger partial charge in [0, 0.05) is 99.7 Å². The minimum absolute atomic E-state index is 0.0440. The fraction of sp³-hybridized carbons (Fsp3) is 0.549. The molecule has 3 aromatic carbocycles. The SMILES string of the molecule is C=S1(=O)NC(=O)c2ccc3c(c2)N(C[C@@H]2CC[C@H]2[C@@](CN2CCN4CCN(C(=O)CCS(=O)(=O)c5ccccc5)CC4C2)(OC)/C=C/C[C@H](C)[C@H]1C)C[C@@]1(CCCc2cc(Cl)ccc21)CO3. The van der Waals surface area contributed by atoms with E-state index < -0.39 is 36.3 Å². The summed E-state index contributed by atoms with van der Waals surface area (Å²) in [6, 6.07) is 20.3. The van der Waals surface area contributed by atoms with Crippen LogP contribution in [0.1, 0.15) is 73.9 Å². The Balaban J connectivity index is 0.998. The molecule has 356 valence electrons. The van der Waals surface area contributed by atoms with Crippen LogP contribution in [-0.4, -0.2) is 140 Å². The number of ether oxygens (including phenoxy) is 2. The van der Waals surface area contributed by atoms with E-state index in [-0.39, 0.29) is 52.2 Å². The number of hydrogen-bond donors (Lipinski definition) is 1. The zero-order chi connectivity index (χ0) is 46.4. The summed E-state index contributed by atoms with van der Waals surface area (Å²) in [7, 11) is -4.77. The number of rotatable bonds is 7. The van der Waals surface area contributed by atoms with E-state index in [0.29, 0.717) is 44.8 Å². The van der Waals surface area contributed by atoms with Crippen molar-refractivity contribution in [2.75, 3.05) is 83.3 Å². The minimum atomic E-state index is -3.57. The summed E-state index contributed by atoms with van der Waals surface area (Å²) in [5, 5.41) is 0.329. The number of nitrogens with zero attached hydrogens (tertiary/aromatic N) is 4. The normalized spacial score (nSPS) is 32.4. The van der Waals surface area contributed by atoms with E-state index >= 15 is 0 Å². The number of methoxy groups -OCH3 is 1. The lowest BCUT2D eigenvalue weighted by atomic mass is 9.63. The van der Waals surface area contributed by atoms with Gasteiger partial charge in [0.15, 0.2) is 9.84 Å². The molecule has 3 aromatic rings. The van der Waals surface area contributed by atoms with Crippen molar-refractivity contribution < 1.29 is 31.7 Å². The maximum absolute atomic E-state index is 14.2. The lowest BCUT2D eigenvalue weighted by Gasteiger charge is -2.53. The number of carbonyl (C=O) groups excluding carboxylic acids is 2. The molecule has 9 rings (SSSR count). The van der Waals surface area contributed by atoms with Crippen molar-refractivity contribution in [3.63, 3.8) is 0 Å². The average molecular weight is 961 g/mol. The van der Waals surface area contributed by atoms with Gasteiger partial charge in [0.25, 0.3) is 5.91 Å². The van der Waals surface area contributed by atoms with E-state index in [1.165, 1.54) is 11.1 Å². The number of fused-ring (bicyclic) bond motifs is 5. The van der Waals surface area contributed by atoms with Gasteiger partial charge in [0.1, 0.15) is 11.4 Å². The highest BCUT2D eigenvalue weighted by Gasteiger charge is 2.50. The largest absolute Gasteiger partial charge is 0.490 e. The third-order valence-electron chi connectivity index (χ3n) is 16.0. The second kappa shape index (κ2) is 18.9. The Morgan fingerprint density at radius 3 is 2.59 bits per heavy atom. The first-order valence-electron chi connectivity index (χ1n) is 23.8. The van der Waals surface area contributed by atoms with Gasteiger partial charge in [0.05, 0.1) is 32.7 Å².